The quantitative estimate of drug-likeness (QED) is 0.0412. The van der Waals surface area contributed by atoms with Crippen LogP contribution >= 0.6 is 23.2 Å². The number of hydrogen-bond acceptors (Lipinski definition) is 15. The second-order valence-electron chi connectivity index (χ2n) is 28.9. The molecule has 27 nitrogen and oxygen atoms in total. The van der Waals surface area contributed by atoms with E-state index in [1.165, 1.54) is 47.4 Å². The molecule has 12 N–H and O–H groups in total. The second kappa shape index (κ2) is 30.2. The molecule has 3 aromatic carbocycles. The average Bonchev–Trinajstić information content (AvgIpc) is 1.59. The Morgan fingerprint density at radius 3 is 1.19 bits per heavy atom. The van der Waals surface area contributed by atoms with Gasteiger partial charge in [-0.2, -0.15) is 43.8 Å². The SMILES string of the molecule is CC#CC(=O)N1CCC2(CC(n3nc(-c4cnn(Cc5cc(F)ccc5Cl)c4)c(C(N)=O)c3N)C2)C1.CC#CC(=O)N1CCC2(CC(n3nc(-c4cnn(Cc5cccc(F)c5C(F)(F)F)c4)c(C(N)=O)c3N)C2)C1.CC#CC(=O)N1CCC2(CC(n3nc(-c4cnn(Cc5ccccc5Cl)c4)c(C(N)=O)c3N)C2)C1. The molecule has 3 saturated carbocycles. The van der Waals surface area contributed by atoms with Crippen LogP contribution in [0.1, 0.15) is 150 Å². The van der Waals surface area contributed by atoms with Gasteiger partial charge >= 0.3 is 6.18 Å². The summed E-state index contributed by atoms with van der Waals surface area (Å²) < 4.78 is 77.3. The van der Waals surface area contributed by atoms with Gasteiger partial charge < -0.3 is 49.1 Å². The lowest BCUT2D eigenvalue weighted by Crippen LogP contribution is -2.42. The fourth-order valence-electron chi connectivity index (χ4n) is 16.3. The number of likely N-dealkylation sites (tertiary alicyclic amines) is 3. The van der Waals surface area contributed by atoms with Gasteiger partial charge in [0.2, 0.25) is 0 Å². The Labute approximate surface area is 637 Å². The van der Waals surface area contributed by atoms with Crippen LogP contribution < -0.4 is 34.4 Å². The molecule has 3 saturated heterocycles. The summed E-state index contributed by atoms with van der Waals surface area (Å²) in [5, 5.41) is 27.8. The van der Waals surface area contributed by atoms with Crippen LogP contribution in [0.3, 0.4) is 0 Å². The molecule has 0 atom stereocenters. The summed E-state index contributed by atoms with van der Waals surface area (Å²) >= 11 is 12.5. The number of carbonyl (C=O) groups excluding carboxylic acids is 6. The van der Waals surface area contributed by atoms with Gasteiger partial charge in [-0.3, -0.25) is 42.8 Å². The number of nitrogen functional groups attached to an aromatic ring is 3. The molecule has 6 fully saturated rings. The highest BCUT2D eigenvalue weighted by Gasteiger charge is 2.54. The minimum Gasteiger partial charge on any atom is -0.383 e. The monoisotopic (exact) mass is 1540 g/mol. The molecular formula is C76H76Cl2F5N21O6. The zero-order valence-electron chi connectivity index (χ0n) is 60.0. The van der Waals surface area contributed by atoms with Crippen molar-refractivity contribution in [3.05, 3.63) is 158 Å². The number of amides is 6. The van der Waals surface area contributed by atoms with Gasteiger partial charge in [0.1, 0.15) is 62.9 Å². The van der Waals surface area contributed by atoms with Crippen molar-refractivity contribution in [1.82, 2.24) is 73.4 Å². The summed E-state index contributed by atoms with van der Waals surface area (Å²) in [7, 11) is 0. The molecule has 3 spiro atoms. The number of carbonyl (C=O) groups is 6. The summed E-state index contributed by atoms with van der Waals surface area (Å²) in [5.74, 6) is 11.9. The fraction of sp³-hybridized carbons (Fsp3) is 0.368. The van der Waals surface area contributed by atoms with Gasteiger partial charge in [0.15, 0.2) is 0 Å². The van der Waals surface area contributed by atoms with E-state index in [0.29, 0.717) is 102 Å². The Hall–Kier alpha value is -12.0. The van der Waals surface area contributed by atoms with Crippen LogP contribution in [0.25, 0.3) is 33.8 Å². The minimum atomic E-state index is -4.88. The van der Waals surface area contributed by atoms with Gasteiger partial charge in [-0.05, 0) is 160 Å². The molecule has 3 aliphatic carbocycles. The van der Waals surface area contributed by atoms with Gasteiger partial charge in [-0.25, -0.2) is 22.8 Å². The molecule has 570 valence electrons. The third kappa shape index (κ3) is 15.2. The van der Waals surface area contributed by atoms with Crippen LogP contribution in [0.4, 0.5) is 39.4 Å². The van der Waals surface area contributed by atoms with E-state index in [4.69, 9.17) is 62.7 Å². The minimum absolute atomic E-state index is 0.00898. The summed E-state index contributed by atoms with van der Waals surface area (Å²) in [6, 6.07) is 14.7. The summed E-state index contributed by atoms with van der Waals surface area (Å²) in [6.45, 7) is 9.21. The Morgan fingerprint density at radius 2 is 0.836 bits per heavy atom. The molecule has 0 unspecified atom stereocenters. The summed E-state index contributed by atoms with van der Waals surface area (Å²) in [4.78, 5) is 78.7. The van der Waals surface area contributed by atoms with Crippen LogP contribution in [0.15, 0.2) is 97.8 Å². The lowest BCUT2D eigenvalue weighted by Gasteiger charge is -2.45. The molecule has 0 bridgehead atoms. The molecule has 3 aliphatic heterocycles. The second-order valence-corrected chi connectivity index (χ2v) is 29.7. The lowest BCUT2D eigenvalue weighted by atomic mass is 9.65. The van der Waals surface area contributed by atoms with E-state index in [0.717, 1.165) is 56.6 Å². The van der Waals surface area contributed by atoms with E-state index in [-0.39, 0.29) is 111 Å². The van der Waals surface area contributed by atoms with E-state index < -0.39 is 41.1 Å². The molecule has 6 aromatic heterocycles. The maximum Gasteiger partial charge on any atom is 0.419 e. The molecule has 0 radical (unpaired) electrons. The molecule has 9 aromatic rings. The lowest BCUT2D eigenvalue weighted by molar-refractivity contribution is -0.140. The van der Waals surface area contributed by atoms with Crippen molar-refractivity contribution in [2.45, 2.75) is 122 Å². The molecule has 110 heavy (non-hydrogen) atoms. The van der Waals surface area contributed by atoms with Gasteiger partial charge in [0.05, 0.1) is 61.9 Å². The molecule has 34 heteroatoms. The van der Waals surface area contributed by atoms with Crippen molar-refractivity contribution in [1.29, 1.82) is 0 Å². The third-order valence-corrected chi connectivity index (χ3v) is 22.3. The number of halogens is 7. The van der Waals surface area contributed by atoms with Crippen LogP contribution in [0.2, 0.25) is 10.0 Å². The highest BCUT2D eigenvalue weighted by molar-refractivity contribution is 6.31. The highest BCUT2D eigenvalue weighted by atomic mass is 35.5. The van der Waals surface area contributed by atoms with Crippen LogP contribution in [-0.4, -0.2) is 148 Å². The normalized spacial score (nSPS) is 20.7. The van der Waals surface area contributed by atoms with E-state index in [1.54, 1.807) is 78.8 Å². The first-order valence-electron chi connectivity index (χ1n) is 35.2. The predicted molar refractivity (Wildman–Crippen MR) is 397 cm³/mol. The maximum absolute atomic E-state index is 14.0. The number of nitrogens with two attached hydrogens (primary N) is 6. The van der Waals surface area contributed by atoms with Crippen molar-refractivity contribution in [2.24, 2.45) is 33.4 Å². The van der Waals surface area contributed by atoms with E-state index in [9.17, 15) is 50.7 Å². The predicted octanol–water partition coefficient (Wildman–Crippen LogP) is 8.76. The Bertz CT molecular complexity index is 5370. The van der Waals surface area contributed by atoms with E-state index in [2.05, 4.69) is 61.0 Å². The van der Waals surface area contributed by atoms with Gasteiger partial charge in [-0.15, -0.1) is 0 Å². The first-order valence-corrected chi connectivity index (χ1v) is 36.0. The van der Waals surface area contributed by atoms with Crippen LogP contribution in [-0.2, 0) is 40.2 Å². The Kier molecular flexibility index (Phi) is 21.0. The molecule has 9 heterocycles. The van der Waals surface area contributed by atoms with Gasteiger partial charge in [0, 0.05) is 84.6 Å². The standard InChI is InChI=1S/C26H25F4N7O2.C25H25ClFN7O2.C25H26ClN7O2/c1-2-4-19(38)35-8-7-25(14-35)9-17(10-25)37-23(31)20(24(32)39)22(34-37)16-11-33-36(13-16)12-15-5-3-6-18(27)21(15)26(28,29)30;1-2-3-20(35)32-7-6-25(14-32)9-18(10-25)34-23(28)21(24(29)36)22(31-34)16-11-30-33(13-16)12-15-8-17(27)4-5-19(15)26;1-2-5-20(34)31-9-8-25(15-31)10-18(11-25)33-23(27)21(24(28)35)22(30-33)17-12-29-32(14-17)13-16-6-3-4-7-19(16)26/h3,5-6,11,13,17H,7-10,12,14,31H2,1H3,(H2,32,39);4-5,8,11,13,18H,6-7,9-10,12,14,28H2,1H3,(H2,29,36);3-4,6-7,12,14,18H,8-11,13,15,27H2,1H3,(H2,28,35). The van der Waals surface area contributed by atoms with Crippen molar-refractivity contribution in [3.8, 4) is 69.3 Å². The topological polar surface area (TPSA) is 375 Å². The van der Waals surface area contributed by atoms with Crippen molar-refractivity contribution in [3.63, 3.8) is 0 Å². The molecule has 15 rings (SSSR count). The zero-order valence-corrected chi connectivity index (χ0v) is 61.5. The fourth-order valence-corrected chi connectivity index (χ4v) is 16.7. The first kappa shape index (κ1) is 76.3. The van der Waals surface area contributed by atoms with Gasteiger partial charge in [-0.1, -0.05) is 71.3 Å². The summed E-state index contributed by atoms with van der Waals surface area (Å²) in [5.41, 5.74) is 38.6. The summed E-state index contributed by atoms with van der Waals surface area (Å²) in [6.07, 6.45) is 11.8. The number of aromatic nitrogens is 12. The average molecular weight is 1550 g/mol. The number of nitrogens with zero attached hydrogens (tertiary/aromatic N) is 15. The Balaban J connectivity index is 0.000000145. The largest absolute Gasteiger partial charge is 0.419 e. The number of rotatable bonds is 15. The number of benzene rings is 3. The Morgan fingerprint density at radius 1 is 0.491 bits per heavy atom. The van der Waals surface area contributed by atoms with Crippen LogP contribution in [0, 0.1) is 63.4 Å². The number of primary amides is 3. The zero-order chi connectivity index (χ0) is 78.5. The van der Waals surface area contributed by atoms with Crippen LogP contribution in [0.5, 0.6) is 0 Å². The number of alkyl halides is 3. The van der Waals surface area contributed by atoms with E-state index in [1.807, 2.05) is 29.2 Å². The molecular weight excluding hydrogens is 1470 g/mol. The van der Waals surface area contributed by atoms with Gasteiger partial charge in [0.25, 0.3) is 35.4 Å². The molecule has 6 aliphatic rings. The van der Waals surface area contributed by atoms with Crippen molar-refractivity contribution < 1.29 is 50.7 Å². The van der Waals surface area contributed by atoms with Crippen molar-refractivity contribution in [2.75, 3.05) is 56.5 Å². The number of hydrogen-bond donors (Lipinski definition) is 6. The number of anilines is 3. The maximum atomic E-state index is 14.0. The third-order valence-electron chi connectivity index (χ3n) is 21.6. The van der Waals surface area contributed by atoms with Crippen molar-refractivity contribution >= 4 is 76.1 Å². The first-order chi connectivity index (χ1) is 52.4. The molecule has 6 amide bonds. The highest BCUT2D eigenvalue weighted by Crippen LogP contribution is 2.57. The van der Waals surface area contributed by atoms with E-state index >= 15 is 0 Å². The smallest absolute Gasteiger partial charge is 0.383 e.